The van der Waals surface area contributed by atoms with Crippen molar-refractivity contribution >= 4 is 39.8 Å². The highest BCUT2D eigenvalue weighted by Crippen LogP contribution is 2.33. The number of thiazole rings is 1. The number of aryl methyl sites for hydroxylation is 2. The average molecular weight is 424 g/mol. The molecule has 1 aliphatic rings. The summed E-state index contributed by atoms with van der Waals surface area (Å²) < 4.78 is 11.0. The molecular formula is C21H20N4O4S. The number of urea groups is 1. The van der Waals surface area contributed by atoms with Crippen molar-refractivity contribution in [1.29, 1.82) is 0 Å². The van der Waals surface area contributed by atoms with Crippen LogP contribution >= 0.6 is 11.3 Å². The summed E-state index contributed by atoms with van der Waals surface area (Å²) in [5.74, 6) is 0.934. The molecule has 4 rings (SSSR count). The van der Waals surface area contributed by atoms with Gasteiger partial charge in [0.25, 0.3) is 5.91 Å². The van der Waals surface area contributed by atoms with E-state index in [9.17, 15) is 9.59 Å². The number of benzene rings is 2. The molecule has 154 valence electrons. The van der Waals surface area contributed by atoms with Crippen LogP contribution in [0.5, 0.6) is 11.5 Å². The zero-order valence-corrected chi connectivity index (χ0v) is 17.3. The summed E-state index contributed by atoms with van der Waals surface area (Å²) in [5.41, 5.74) is 2.83. The minimum Gasteiger partial charge on any atom is -0.486 e. The monoisotopic (exact) mass is 424 g/mol. The molecule has 2 heterocycles. The molecule has 3 amide bonds. The first kappa shape index (κ1) is 19.7. The van der Waals surface area contributed by atoms with Crippen LogP contribution in [-0.2, 0) is 0 Å². The van der Waals surface area contributed by atoms with E-state index >= 15 is 0 Å². The second-order valence-corrected chi connectivity index (χ2v) is 7.69. The van der Waals surface area contributed by atoms with Gasteiger partial charge >= 0.3 is 6.03 Å². The number of ether oxygens (including phenoxy) is 2. The molecule has 1 aliphatic heterocycles. The number of fused-ring (bicyclic) bond motifs is 1. The number of nitrogens with zero attached hydrogens (tertiary/aromatic N) is 1. The summed E-state index contributed by atoms with van der Waals surface area (Å²) in [5, 5.41) is 8.59. The van der Waals surface area contributed by atoms with Gasteiger partial charge in [-0.1, -0.05) is 23.5 Å². The van der Waals surface area contributed by atoms with Crippen LogP contribution in [0.4, 0.5) is 21.3 Å². The van der Waals surface area contributed by atoms with Crippen molar-refractivity contribution in [2.24, 2.45) is 0 Å². The third-order valence-corrected chi connectivity index (χ3v) is 5.37. The first-order valence-electron chi connectivity index (χ1n) is 9.31. The summed E-state index contributed by atoms with van der Waals surface area (Å²) in [6.45, 7) is 4.64. The van der Waals surface area contributed by atoms with Crippen molar-refractivity contribution in [3.05, 3.63) is 58.6 Å². The van der Waals surface area contributed by atoms with E-state index in [1.165, 1.54) is 0 Å². The second-order valence-electron chi connectivity index (χ2n) is 6.69. The molecule has 0 aliphatic carbocycles. The predicted molar refractivity (Wildman–Crippen MR) is 116 cm³/mol. The molecule has 3 aromatic rings. The lowest BCUT2D eigenvalue weighted by atomic mass is 10.2. The Hall–Kier alpha value is -3.59. The number of rotatable bonds is 4. The zero-order chi connectivity index (χ0) is 21.1. The van der Waals surface area contributed by atoms with Crippen molar-refractivity contribution in [3.8, 4) is 11.5 Å². The number of nitrogens with one attached hydrogen (secondary N) is 3. The summed E-state index contributed by atoms with van der Waals surface area (Å²) in [4.78, 5) is 29.6. The lowest BCUT2D eigenvalue weighted by Crippen LogP contribution is -2.19. The molecule has 0 saturated carbocycles. The van der Waals surface area contributed by atoms with Gasteiger partial charge in [-0.05, 0) is 43.7 Å². The van der Waals surface area contributed by atoms with Crippen molar-refractivity contribution in [2.45, 2.75) is 13.8 Å². The van der Waals surface area contributed by atoms with E-state index in [1.54, 1.807) is 31.2 Å². The zero-order valence-electron chi connectivity index (χ0n) is 16.4. The van der Waals surface area contributed by atoms with E-state index < -0.39 is 6.03 Å². The van der Waals surface area contributed by atoms with Gasteiger partial charge in [0, 0.05) is 17.4 Å². The Bertz CT molecular complexity index is 1110. The number of carbonyl (C=O) groups is 2. The lowest BCUT2D eigenvalue weighted by Gasteiger charge is -2.18. The largest absolute Gasteiger partial charge is 0.486 e. The Balaban J connectivity index is 1.41. The molecule has 9 heteroatoms. The quantitative estimate of drug-likeness (QED) is 0.575. The Morgan fingerprint density at radius 2 is 1.70 bits per heavy atom. The fourth-order valence-electron chi connectivity index (χ4n) is 2.95. The van der Waals surface area contributed by atoms with Crippen LogP contribution in [0.3, 0.4) is 0 Å². The van der Waals surface area contributed by atoms with E-state index in [-0.39, 0.29) is 5.91 Å². The van der Waals surface area contributed by atoms with Crippen LogP contribution < -0.4 is 25.4 Å². The molecule has 30 heavy (non-hydrogen) atoms. The number of hydrogen-bond acceptors (Lipinski definition) is 6. The number of carbonyl (C=O) groups excluding carboxylic acids is 2. The van der Waals surface area contributed by atoms with Crippen molar-refractivity contribution < 1.29 is 19.1 Å². The van der Waals surface area contributed by atoms with Crippen LogP contribution in [0, 0.1) is 13.8 Å². The van der Waals surface area contributed by atoms with Gasteiger partial charge < -0.3 is 20.1 Å². The van der Waals surface area contributed by atoms with Crippen LogP contribution in [0.15, 0.2) is 42.5 Å². The highest BCUT2D eigenvalue weighted by molar-refractivity contribution is 7.17. The van der Waals surface area contributed by atoms with Crippen LogP contribution in [-0.4, -0.2) is 30.1 Å². The maximum Gasteiger partial charge on any atom is 0.325 e. The molecule has 0 radical (unpaired) electrons. The summed E-state index contributed by atoms with van der Waals surface area (Å²) in [6, 6.07) is 12.3. The molecule has 0 unspecified atom stereocenters. The van der Waals surface area contributed by atoms with Crippen LogP contribution in [0.2, 0.25) is 0 Å². The number of aromatic nitrogens is 1. The lowest BCUT2D eigenvalue weighted by molar-refractivity contribution is 0.102. The molecule has 0 spiro atoms. The van der Waals surface area contributed by atoms with Gasteiger partial charge in [-0.15, -0.1) is 0 Å². The van der Waals surface area contributed by atoms with Crippen molar-refractivity contribution in [3.63, 3.8) is 0 Å². The van der Waals surface area contributed by atoms with Gasteiger partial charge in [0.1, 0.15) is 18.1 Å². The van der Waals surface area contributed by atoms with E-state index in [0.29, 0.717) is 51.8 Å². The first-order valence-corrected chi connectivity index (χ1v) is 10.1. The van der Waals surface area contributed by atoms with E-state index in [2.05, 4.69) is 20.9 Å². The summed E-state index contributed by atoms with van der Waals surface area (Å²) in [7, 11) is 0. The van der Waals surface area contributed by atoms with Crippen molar-refractivity contribution in [1.82, 2.24) is 4.98 Å². The van der Waals surface area contributed by atoms with Gasteiger partial charge in [-0.2, -0.15) is 0 Å². The fraction of sp³-hybridized carbons (Fsp3) is 0.190. The maximum absolute atomic E-state index is 12.7. The Morgan fingerprint density at radius 1 is 0.933 bits per heavy atom. The van der Waals surface area contributed by atoms with E-state index in [0.717, 1.165) is 16.9 Å². The molecule has 0 fully saturated rings. The smallest absolute Gasteiger partial charge is 0.325 e. The first-order chi connectivity index (χ1) is 14.5. The Labute approximate surface area is 177 Å². The average Bonchev–Trinajstić information content (AvgIpc) is 3.08. The van der Waals surface area contributed by atoms with Crippen LogP contribution in [0.25, 0.3) is 0 Å². The van der Waals surface area contributed by atoms with E-state index in [1.807, 2.05) is 25.1 Å². The molecule has 3 N–H and O–H groups in total. The number of hydrogen-bond donors (Lipinski definition) is 3. The van der Waals surface area contributed by atoms with Gasteiger partial charge in [0.05, 0.1) is 5.69 Å². The minimum absolute atomic E-state index is 0.311. The number of amides is 3. The number of anilines is 3. The molecule has 0 saturated heterocycles. The Morgan fingerprint density at radius 3 is 2.50 bits per heavy atom. The highest BCUT2D eigenvalue weighted by Gasteiger charge is 2.18. The highest BCUT2D eigenvalue weighted by atomic mass is 32.1. The maximum atomic E-state index is 12.7. The van der Waals surface area contributed by atoms with Crippen LogP contribution in [0.1, 0.15) is 20.9 Å². The fourth-order valence-corrected chi connectivity index (χ4v) is 3.81. The SMILES string of the molecule is Cc1cccc(NC(=O)Nc2nc(C)c(C(=O)Nc3ccc4c(c3)OCCO4)s2)c1. The molecule has 1 aromatic heterocycles. The summed E-state index contributed by atoms with van der Waals surface area (Å²) >= 11 is 1.11. The minimum atomic E-state index is -0.423. The molecule has 2 aromatic carbocycles. The third-order valence-electron chi connectivity index (χ3n) is 4.30. The van der Waals surface area contributed by atoms with E-state index in [4.69, 9.17) is 9.47 Å². The van der Waals surface area contributed by atoms with Gasteiger partial charge in [0.15, 0.2) is 16.6 Å². The normalized spacial score (nSPS) is 12.2. The van der Waals surface area contributed by atoms with Gasteiger partial charge in [-0.25, -0.2) is 9.78 Å². The molecular weight excluding hydrogens is 404 g/mol. The van der Waals surface area contributed by atoms with Gasteiger partial charge in [-0.3, -0.25) is 10.1 Å². The summed E-state index contributed by atoms with van der Waals surface area (Å²) in [6.07, 6.45) is 0. The molecule has 8 nitrogen and oxygen atoms in total. The second kappa shape index (κ2) is 8.42. The Kier molecular flexibility index (Phi) is 5.53. The van der Waals surface area contributed by atoms with Crippen molar-refractivity contribution in [2.75, 3.05) is 29.2 Å². The standard InChI is InChI=1S/C21H20N4O4S/c1-12-4-3-5-14(10-12)24-20(27)25-21-22-13(2)18(30-21)19(26)23-15-6-7-16-17(11-15)29-9-8-28-16/h3-7,10-11H,8-9H2,1-2H3,(H,23,26)(H2,22,24,25,27). The predicted octanol–water partition coefficient (Wildman–Crippen LogP) is 4.43. The van der Waals surface area contributed by atoms with Gasteiger partial charge in [0.2, 0.25) is 0 Å². The molecule has 0 bridgehead atoms. The third kappa shape index (κ3) is 4.52. The topological polar surface area (TPSA) is 102 Å². The molecule has 0 atom stereocenters.